The monoisotopic (exact) mass is 502 g/mol. The molecule has 0 bridgehead atoms. The molecule has 1 fully saturated rings. The minimum absolute atomic E-state index is 0. The van der Waals surface area contributed by atoms with Gasteiger partial charge in [-0.2, -0.15) is 0 Å². The molecule has 2 atom stereocenters. The van der Waals surface area contributed by atoms with Crippen molar-refractivity contribution < 1.29 is 4.42 Å². The van der Waals surface area contributed by atoms with Gasteiger partial charge in [-0.15, -0.1) is 35.3 Å². The summed E-state index contributed by atoms with van der Waals surface area (Å²) < 4.78 is 5.72. The number of hydrogen-bond acceptors (Lipinski definition) is 4. The van der Waals surface area contributed by atoms with Gasteiger partial charge in [0, 0.05) is 30.9 Å². The van der Waals surface area contributed by atoms with Crippen LogP contribution in [0.4, 0.5) is 0 Å². The molecule has 1 aliphatic heterocycles. The second-order valence-corrected chi connectivity index (χ2v) is 7.86. The van der Waals surface area contributed by atoms with Gasteiger partial charge in [0.2, 0.25) is 0 Å². The molecule has 5 nitrogen and oxygen atoms in total. The van der Waals surface area contributed by atoms with Crippen LogP contribution >= 0.6 is 35.3 Å². The highest BCUT2D eigenvalue weighted by molar-refractivity contribution is 14.0. The molecule has 0 radical (unpaired) electrons. The van der Waals surface area contributed by atoms with Gasteiger partial charge < -0.3 is 15.1 Å². The Balaban J connectivity index is 0.00000261. The topological polar surface area (TPSA) is 52.8 Å². The maximum absolute atomic E-state index is 5.72. The summed E-state index contributed by atoms with van der Waals surface area (Å²) in [6.45, 7) is 6.17. The Kier molecular flexibility index (Phi) is 9.64. The molecule has 0 aromatic carbocycles. The average molecular weight is 502 g/mol. The number of furan rings is 1. The number of hydrogen-bond donors (Lipinski definition) is 2. The Bertz CT molecular complexity index is 654. The van der Waals surface area contributed by atoms with Gasteiger partial charge in [-0.1, -0.05) is 19.4 Å². The zero-order valence-electron chi connectivity index (χ0n) is 16.2. The van der Waals surface area contributed by atoms with Crippen molar-refractivity contribution >= 4 is 41.3 Å². The van der Waals surface area contributed by atoms with Crippen molar-refractivity contribution in [2.45, 2.75) is 38.1 Å². The Morgan fingerprint density at radius 1 is 1.19 bits per heavy atom. The molecule has 2 N–H and O–H groups in total. The summed E-state index contributed by atoms with van der Waals surface area (Å²) in [6, 6.07) is 8.60. The lowest BCUT2D eigenvalue weighted by Crippen LogP contribution is -2.45. The van der Waals surface area contributed by atoms with Crippen LogP contribution in [0.3, 0.4) is 0 Å². The third-order valence-corrected chi connectivity index (χ3v) is 6.10. The molecule has 3 rings (SSSR count). The summed E-state index contributed by atoms with van der Waals surface area (Å²) in [6.07, 6.45) is 5.63. The summed E-state index contributed by atoms with van der Waals surface area (Å²) in [5.74, 6) is 2.35. The Morgan fingerprint density at radius 3 is 2.59 bits per heavy atom. The third-order valence-electron chi connectivity index (χ3n) is 4.99. The number of halogens is 1. The Labute approximate surface area is 183 Å². The molecular formula is C20H31IN4OS. The van der Waals surface area contributed by atoms with Crippen LogP contribution in [-0.2, 0) is 0 Å². The molecule has 2 unspecified atom stereocenters. The van der Waals surface area contributed by atoms with Crippen LogP contribution in [0.1, 0.15) is 48.8 Å². The van der Waals surface area contributed by atoms with Crippen LogP contribution in [0.25, 0.3) is 0 Å². The Hall–Kier alpha value is -1.06. The van der Waals surface area contributed by atoms with Gasteiger partial charge in [0.15, 0.2) is 5.96 Å². The van der Waals surface area contributed by atoms with E-state index in [0.29, 0.717) is 5.92 Å². The molecule has 2 aromatic rings. The van der Waals surface area contributed by atoms with Crippen LogP contribution in [0.5, 0.6) is 0 Å². The molecule has 0 amide bonds. The molecule has 27 heavy (non-hydrogen) atoms. The van der Waals surface area contributed by atoms with Gasteiger partial charge in [0.1, 0.15) is 5.76 Å². The number of likely N-dealkylation sites (tertiary alicyclic amines) is 1. The number of aliphatic imine (C=N–C) groups is 1. The number of nitrogens with zero attached hydrogens (tertiary/aromatic N) is 2. The van der Waals surface area contributed by atoms with Gasteiger partial charge in [0.05, 0.1) is 12.3 Å². The quantitative estimate of drug-likeness (QED) is 0.334. The van der Waals surface area contributed by atoms with Crippen LogP contribution in [-0.4, -0.2) is 44.1 Å². The summed E-state index contributed by atoms with van der Waals surface area (Å²) in [4.78, 5) is 8.31. The van der Waals surface area contributed by atoms with E-state index >= 15 is 0 Å². The SMILES string of the molecule is CN=C(NCC(C)c1cccs1)NCC(c1ccco1)N1CCCCC1.I. The molecular weight excluding hydrogens is 471 g/mol. The molecule has 150 valence electrons. The van der Waals surface area contributed by atoms with Crippen molar-refractivity contribution in [1.29, 1.82) is 0 Å². The van der Waals surface area contributed by atoms with Crippen molar-refractivity contribution in [3.8, 4) is 0 Å². The van der Waals surface area contributed by atoms with Gasteiger partial charge in [-0.3, -0.25) is 9.89 Å². The number of guanidine groups is 1. The van der Waals surface area contributed by atoms with Crippen molar-refractivity contribution in [1.82, 2.24) is 15.5 Å². The van der Waals surface area contributed by atoms with E-state index in [2.05, 4.69) is 51.0 Å². The lowest BCUT2D eigenvalue weighted by atomic mass is 10.1. The third kappa shape index (κ3) is 6.50. The second-order valence-electron chi connectivity index (χ2n) is 6.88. The highest BCUT2D eigenvalue weighted by Crippen LogP contribution is 2.24. The summed E-state index contributed by atoms with van der Waals surface area (Å²) in [5.41, 5.74) is 0. The van der Waals surface area contributed by atoms with Crippen LogP contribution in [0.15, 0.2) is 45.3 Å². The highest BCUT2D eigenvalue weighted by Gasteiger charge is 2.24. The summed E-state index contributed by atoms with van der Waals surface area (Å²) in [5, 5.41) is 9.08. The highest BCUT2D eigenvalue weighted by atomic mass is 127. The second kappa shape index (κ2) is 11.7. The first-order chi connectivity index (χ1) is 12.8. The number of thiophene rings is 1. The molecule has 1 aliphatic rings. The maximum Gasteiger partial charge on any atom is 0.191 e. The van der Waals surface area contributed by atoms with Crippen molar-refractivity contribution in [3.63, 3.8) is 0 Å². The molecule has 0 spiro atoms. The molecule has 7 heteroatoms. The van der Waals surface area contributed by atoms with E-state index in [0.717, 1.165) is 37.9 Å². The first-order valence-corrected chi connectivity index (χ1v) is 10.4. The Morgan fingerprint density at radius 2 is 1.96 bits per heavy atom. The zero-order chi connectivity index (χ0) is 18.2. The predicted molar refractivity (Wildman–Crippen MR) is 124 cm³/mol. The van der Waals surface area contributed by atoms with E-state index in [-0.39, 0.29) is 30.0 Å². The predicted octanol–water partition coefficient (Wildman–Crippen LogP) is 4.45. The van der Waals surface area contributed by atoms with E-state index in [9.17, 15) is 0 Å². The molecule has 2 aromatic heterocycles. The van der Waals surface area contributed by atoms with Gasteiger partial charge >= 0.3 is 0 Å². The fraction of sp³-hybridized carbons (Fsp3) is 0.550. The van der Waals surface area contributed by atoms with E-state index in [1.165, 1.54) is 24.1 Å². The van der Waals surface area contributed by atoms with Crippen molar-refractivity contribution in [2.24, 2.45) is 4.99 Å². The first-order valence-electron chi connectivity index (χ1n) is 9.53. The minimum Gasteiger partial charge on any atom is -0.468 e. The van der Waals surface area contributed by atoms with Gasteiger partial charge in [0.25, 0.3) is 0 Å². The van der Waals surface area contributed by atoms with E-state index in [4.69, 9.17) is 4.42 Å². The lowest BCUT2D eigenvalue weighted by molar-refractivity contribution is 0.146. The van der Waals surface area contributed by atoms with Gasteiger partial charge in [-0.05, 0) is 49.5 Å². The smallest absolute Gasteiger partial charge is 0.191 e. The molecule has 1 saturated heterocycles. The fourth-order valence-corrected chi connectivity index (χ4v) is 4.24. The normalized spacial score (nSPS) is 17.8. The minimum atomic E-state index is 0. The average Bonchev–Trinajstić information content (AvgIpc) is 3.39. The summed E-state index contributed by atoms with van der Waals surface area (Å²) >= 11 is 1.81. The summed E-state index contributed by atoms with van der Waals surface area (Å²) in [7, 11) is 1.83. The fourth-order valence-electron chi connectivity index (χ4n) is 3.46. The maximum atomic E-state index is 5.72. The molecule has 0 aliphatic carbocycles. The largest absolute Gasteiger partial charge is 0.468 e. The molecule has 3 heterocycles. The van der Waals surface area contributed by atoms with Crippen LogP contribution in [0.2, 0.25) is 0 Å². The van der Waals surface area contributed by atoms with Crippen molar-refractivity contribution in [3.05, 3.63) is 46.5 Å². The zero-order valence-corrected chi connectivity index (χ0v) is 19.3. The van der Waals surface area contributed by atoms with Crippen molar-refractivity contribution in [2.75, 3.05) is 33.2 Å². The van der Waals surface area contributed by atoms with Gasteiger partial charge in [-0.25, -0.2) is 0 Å². The standard InChI is InChI=1S/C20H30N4OS.HI/c1-16(19-9-7-13-26-19)14-22-20(21-2)23-15-17(18-8-6-12-25-18)24-10-4-3-5-11-24;/h6-9,12-13,16-17H,3-5,10-11,14-15H2,1-2H3,(H2,21,22,23);1H. The molecule has 0 saturated carbocycles. The lowest BCUT2D eigenvalue weighted by Gasteiger charge is -2.33. The van der Waals surface area contributed by atoms with E-state index in [1.54, 1.807) is 17.6 Å². The van der Waals surface area contributed by atoms with E-state index in [1.807, 2.05) is 13.1 Å². The first kappa shape index (κ1) is 22.2. The van der Waals surface area contributed by atoms with Crippen LogP contribution < -0.4 is 10.6 Å². The number of piperidine rings is 1. The number of rotatable bonds is 7. The van der Waals surface area contributed by atoms with E-state index < -0.39 is 0 Å². The number of nitrogens with one attached hydrogen (secondary N) is 2. The van der Waals surface area contributed by atoms with Crippen LogP contribution in [0, 0.1) is 0 Å².